The molecule has 138 valence electrons. The van der Waals surface area contributed by atoms with Crippen LogP contribution < -0.4 is 14.4 Å². The van der Waals surface area contributed by atoms with Crippen LogP contribution in [0.3, 0.4) is 0 Å². The zero-order valence-corrected chi connectivity index (χ0v) is 16.2. The first-order valence-electron chi connectivity index (χ1n) is 8.24. The Hall–Kier alpha value is -2.11. The van der Waals surface area contributed by atoms with Gasteiger partial charge in [0, 0.05) is 42.8 Å². The van der Waals surface area contributed by atoms with E-state index in [1.165, 1.54) is 0 Å². The lowest BCUT2D eigenvalue weighted by molar-refractivity contribution is 0.0746. The molecule has 2 aromatic carbocycles. The van der Waals surface area contributed by atoms with Crippen LogP contribution in [-0.2, 0) is 0 Å². The van der Waals surface area contributed by atoms with Crippen molar-refractivity contribution >= 4 is 34.8 Å². The van der Waals surface area contributed by atoms with Gasteiger partial charge in [-0.3, -0.25) is 4.79 Å². The van der Waals surface area contributed by atoms with Crippen molar-refractivity contribution in [1.82, 2.24) is 4.90 Å². The largest absolute Gasteiger partial charge is 0.497 e. The minimum absolute atomic E-state index is 0.0379. The Kier molecular flexibility index (Phi) is 5.79. The molecular formula is C19H20Cl2N2O3. The maximum absolute atomic E-state index is 12.8. The van der Waals surface area contributed by atoms with E-state index < -0.39 is 0 Å². The zero-order chi connectivity index (χ0) is 18.7. The molecule has 0 bridgehead atoms. The molecule has 0 radical (unpaired) electrons. The molecule has 3 rings (SSSR count). The molecule has 26 heavy (non-hydrogen) atoms. The molecule has 1 aliphatic heterocycles. The van der Waals surface area contributed by atoms with Gasteiger partial charge in [0.1, 0.15) is 11.5 Å². The fraction of sp³-hybridized carbons (Fsp3) is 0.316. The zero-order valence-electron chi connectivity index (χ0n) is 14.7. The number of piperazine rings is 1. The van der Waals surface area contributed by atoms with Gasteiger partial charge in [-0.05, 0) is 30.3 Å². The molecule has 5 nitrogen and oxygen atoms in total. The molecule has 0 aliphatic carbocycles. The fourth-order valence-electron chi connectivity index (χ4n) is 3.00. The Balaban J connectivity index is 1.70. The summed E-state index contributed by atoms with van der Waals surface area (Å²) >= 11 is 12.3. The van der Waals surface area contributed by atoms with Gasteiger partial charge in [0.05, 0.1) is 24.9 Å². The molecule has 1 fully saturated rings. The Morgan fingerprint density at radius 1 is 0.923 bits per heavy atom. The second kappa shape index (κ2) is 8.06. The summed E-state index contributed by atoms with van der Waals surface area (Å²) in [5, 5.41) is 1.23. The standard InChI is InChI=1S/C19H20Cl2N2O3/c1-25-15-9-13(10-16(12-15)26-2)19(24)23-7-5-22(6-8-23)18-4-3-14(20)11-17(18)21/h3-4,9-12H,5-8H2,1-2H3. The predicted octanol–water partition coefficient (Wildman–Crippen LogP) is 3.97. The van der Waals surface area contributed by atoms with Gasteiger partial charge >= 0.3 is 0 Å². The van der Waals surface area contributed by atoms with Crippen LogP contribution in [0.1, 0.15) is 10.4 Å². The van der Waals surface area contributed by atoms with Crippen LogP contribution in [-0.4, -0.2) is 51.2 Å². The van der Waals surface area contributed by atoms with E-state index in [2.05, 4.69) is 4.90 Å². The van der Waals surface area contributed by atoms with E-state index in [-0.39, 0.29) is 5.91 Å². The molecule has 1 saturated heterocycles. The second-order valence-corrected chi connectivity index (χ2v) is 6.82. The lowest BCUT2D eigenvalue weighted by Gasteiger charge is -2.36. The van der Waals surface area contributed by atoms with Crippen molar-refractivity contribution in [3.8, 4) is 11.5 Å². The number of halogens is 2. The number of amides is 1. The number of ether oxygens (including phenoxy) is 2. The van der Waals surface area contributed by atoms with E-state index in [4.69, 9.17) is 32.7 Å². The van der Waals surface area contributed by atoms with Gasteiger partial charge in [0.25, 0.3) is 5.91 Å². The van der Waals surface area contributed by atoms with Crippen molar-refractivity contribution < 1.29 is 14.3 Å². The Morgan fingerprint density at radius 2 is 1.54 bits per heavy atom. The number of rotatable bonds is 4. The summed E-state index contributed by atoms with van der Waals surface area (Å²) in [5.74, 6) is 1.16. The minimum atomic E-state index is -0.0379. The third-order valence-corrected chi connectivity index (χ3v) is 4.95. The van der Waals surface area contributed by atoms with Crippen molar-refractivity contribution in [3.63, 3.8) is 0 Å². The quantitative estimate of drug-likeness (QED) is 0.786. The highest BCUT2D eigenvalue weighted by Gasteiger charge is 2.24. The molecule has 0 N–H and O–H groups in total. The van der Waals surface area contributed by atoms with Crippen molar-refractivity contribution in [2.45, 2.75) is 0 Å². The lowest BCUT2D eigenvalue weighted by atomic mass is 10.1. The summed E-state index contributed by atoms with van der Waals surface area (Å²) in [6.45, 7) is 2.62. The number of carbonyl (C=O) groups is 1. The van der Waals surface area contributed by atoms with Gasteiger partial charge in [0.2, 0.25) is 0 Å². The molecule has 0 unspecified atom stereocenters. The highest BCUT2D eigenvalue weighted by atomic mass is 35.5. The van der Waals surface area contributed by atoms with Crippen LogP contribution in [0.4, 0.5) is 5.69 Å². The average Bonchev–Trinajstić information content (AvgIpc) is 2.67. The predicted molar refractivity (Wildman–Crippen MR) is 104 cm³/mol. The first-order chi connectivity index (χ1) is 12.5. The van der Waals surface area contributed by atoms with Crippen molar-refractivity contribution in [1.29, 1.82) is 0 Å². The molecule has 7 heteroatoms. The number of hydrogen-bond donors (Lipinski definition) is 0. The molecule has 0 atom stereocenters. The summed E-state index contributed by atoms with van der Waals surface area (Å²) in [4.78, 5) is 16.8. The molecular weight excluding hydrogens is 375 g/mol. The Bertz CT molecular complexity index is 783. The summed E-state index contributed by atoms with van der Waals surface area (Å²) in [5.41, 5.74) is 1.49. The first kappa shape index (κ1) is 18.7. The number of hydrogen-bond acceptors (Lipinski definition) is 4. The maximum Gasteiger partial charge on any atom is 0.254 e. The first-order valence-corrected chi connectivity index (χ1v) is 8.99. The summed E-state index contributed by atoms with van der Waals surface area (Å²) in [6.07, 6.45) is 0. The van der Waals surface area contributed by atoms with Crippen molar-refractivity contribution in [3.05, 3.63) is 52.0 Å². The van der Waals surface area contributed by atoms with Gasteiger partial charge in [-0.15, -0.1) is 0 Å². The highest BCUT2D eigenvalue weighted by Crippen LogP contribution is 2.30. The van der Waals surface area contributed by atoms with Crippen LogP contribution in [0.25, 0.3) is 0 Å². The maximum atomic E-state index is 12.8. The minimum Gasteiger partial charge on any atom is -0.497 e. The molecule has 0 spiro atoms. The smallest absolute Gasteiger partial charge is 0.254 e. The normalized spacial score (nSPS) is 14.3. The van der Waals surface area contributed by atoms with Gasteiger partial charge < -0.3 is 19.3 Å². The number of benzene rings is 2. The van der Waals surface area contributed by atoms with Gasteiger partial charge in [-0.2, -0.15) is 0 Å². The summed E-state index contributed by atoms with van der Waals surface area (Å²) in [6, 6.07) is 10.7. The van der Waals surface area contributed by atoms with Gasteiger partial charge in [0.15, 0.2) is 0 Å². The number of anilines is 1. The average molecular weight is 395 g/mol. The Morgan fingerprint density at radius 3 is 2.08 bits per heavy atom. The molecule has 1 heterocycles. The number of nitrogens with zero attached hydrogens (tertiary/aromatic N) is 2. The van der Waals surface area contributed by atoms with E-state index in [1.807, 2.05) is 17.0 Å². The summed E-state index contributed by atoms with van der Waals surface area (Å²) < 4.78 is 10.5. The van der Waals surface area contributed by atoms with Crippen LogP contribution >= 0.6 is 23.2 Å². The molecule has 1 amide bonds. The molecule has 0 saturated carbocycles. The van der Waals surface area contributed by atoms with Crippen molar-refractivity contribution in [2.75, 3.05) is 45.3 Å². The van der Waals surface area contributed by atoms with E-state index in [9.17, 15) is 4.79 Å². The fourth-order valence-corrected chi connectivity index (χ4v) is 3.53. The molecule has 0 aromatic heterocycles. The van der Waals surface area contributed by atoms with Gasteiger partial charge in [-0.1, -0.05) is 23.2 Å². The van der Waals surface area contributed by atoms with Crippen LogP contribution in [0, 0.1) is 0 Å². The number of carbonyl (C=O) groups excluding carboxylic acids is 1. The SMILES string of the molecule is COc1cc(OC)cc(C(=O)N2CCN(c3ccc(Cl)cc3Cl)CC2)c1. The molecule has 1 aliphatic rings. The third kappa shape index (κ3) is 4.00. The van der Waals surface area contributed by atoms with E-state index >= 15 is 0 Å². The topological polar surface area (TPSA) is 42.0 Å². The van der Waals surface area contributed by atoms with E-state index in [0.29, 0.717) is 53.3 Å². The van der Waals surface area contributed by atoms with E-state index in [1.54, 1.807) is 38.5 Å². The molecule has 2 aromatic rings. The van der Waals surface area contributed by atoms with Crippen LogP contribution in [0.15, 0.2) is 36.4 Å². The van der Waals surface area contributed by atoms with Gasteiger partial charge in [-0.25, -0.2) is 0 Å². The van der Waals surface area contributed by atoms with Crippen molar-refractivity contribution in [2.24, 2.45) is 0 Å². The number of methoxy groups -OCH3 is 2. The van der Waals surface area contributed by atoms with Crippen LogP contribution in [0.2, 0.25) is 10.0 Å². The monoisotopic (exact) mass is 394 g/mol. The third-order valence-electron chi connectivity index (χ3n) is 4.42. The van der Waals surface area contributed by atoms with E-state index in [0.717, 1.165) is 5.69 Å². The van der Waals surface area contributed by atoms with Crippen LogP contribution in [0.5, 0.6) is 11.5 Å². The summed E-state index contributed by atoms with van der Waals surface area (Å²) in [7, 11) is 3.13. The highest BCUT2D eigenvalue weighted by molar-refractivity contribution is 6.36. The second-order valence-electron chi connectivity index (χ2n) is 5.98. The Labute approximate surface area is 163 Å². The lowest BCUT2D eigenvalue weighted by Crippen LogP contribution is -2.48.